The van der Waals surface area contributed by atoms with Crippen LogP contribution in [0.2, 0.25) is 0 Å². The van der Waals surface area contributed by atoms with Crippen molar-refractivity contribution in [2.24, 2.45) is 0 Å². The van der Waals surface area contributed by atoms with Gasteiger partial charge in [0.15, 0.2) is 0 Å². The van der Waals surface area contributed by atoms with Gasteiger partial charge in [-0.15, -0.1) is 0 Å². The molecule has 1 aliphatic rings. The van der Waals surface area contributed by atoms with E-state index in [9.17, 15) is 0 Å². The summed E-state index contributed by atoms with van der Waals surface area (Å²) in [4.78, 5) is 7.22. The largest absolute Gasteiger partial charge is 0.340 e. The van der Waals surface area contributed by atoms with Gasteiger partial charge in [-0.3, -0.25) is 4.90 Å². The summed E-state index contributed by atoms with van der Waals surface area (Å²) in [5.74, 6) is 1.00. The molecule has 3 rings (SSSR count). The predicted molar refractivity (Wildman–Crippen MR) is 92.4 cm³/mol. The molecule has 0 radical (unpaired) electrons. The Balaban J connectivity index is 1.81. The van der Waals surface area contributed by atoms with Crippen LogP contribution in [0.1, 0.15) is 44.2 Å². The van der Waals surface area contributed by atoms with Gasteiger partial charge in [0.25, 0.3) is 0 Å². The number of hydrogen-bond donors (Lipinski definition) is 1. The molecule has 3 heteroatoms. The summed E-state index contributed by atoms with van der Waals surface area (Å²) >= 11 is 0. The number of benzene rings is 1. The summed E-state index contributed by atoms with van der Waals surface area (Å²) in [6.07, 6.45) is 6.93. The second kappa shape index (κ2) is 7.41. The van der Waals surface area contributed by atoms with Crippen LogP contribution in [-0.4, -0.2) is 23.0 Å². The van der Waals surface area contributed by atoms with Gasteiger partial charge in [0.1, 0.15) is 5.82 Å². The molecule has 1 fully saturated rings. The van der Waals surface area contributed by atoms with Crippen molar-refractivity contribution >= 4 is 11.5 Å². The third-order valence-corrected chi connectivity index (χ3v) is 4.40. The number of likely N-dealkylation sites (tertiary alicyclic amines) is 1. The van der Waals surface area contributed by atoms with E-state index in [1.165, 1.54) is 44.3 Å². The zero-order valence-corrected chi connectivity index (χ0v) is 13.3. The number of anilines is 2. The first-order valence-corrected chi connectivity index (χ1v) is 8.39. The van der Waals surface area contributed by atoms with Crippen molar-refractivity contribution in [1.82, 2.24) is 9.88 Å². The van der Waals surface area contributed by atoms with Gasteiger partial charge in [0, 0.05) is 23.5 Å². The summed E-state index contributed by atoms with van der Waals surface area (Å²) in [5.41, 5.74) is 2.43. The second-order valence-corrected chi connectivity index (χ2v) is 5.98. The van der Waals surface area contributed by atoms with Crippen LogP contribution < -0.4 is 5.32 Å². The van der Waals surface area contributed by atoms with Crippen molar-refractivity contribution in [3.8, 4) is 0 Å². The van der Waals surface area contributed by atoms with E-state index in [0.29, 0.717) is 6.04 Å². The summed E-state index contributed by atoms with van der Waals surface area (Å²) in [6, 6.07) is 15.1. The van der Waals surface area contributed by atoms with Gasteiger partial charge in [-0.1, -0.05) is 37.6 Å². The van der Waals surface area contributed by atoms with Gasteiger partial charge in [-0.25, -0.2) is 4.98 Å². The average molecular weight is 295 g/mol. The number of para-hydroxylation sites is 1. The lowest BCUT2D eigenvalue weighted by molar-refractivity contribution is 0.253. The van der Waals surface area contributed by atoms with E-state index in [0.717, 1.165) is 11.5 Å². The molecule has 1 unspecified atom stereocenters. The van der Waals surface area contributed by atoms with Gasteiger partial charge >= 0.3 is 0 Å². The minimum absolute atomic E-state index is 0.506. The SMILES string of the molecule is CCCCN1CCCC1c1cccnc1Nc1ccccc1. The first-order valence-electron chi connectivity index (χ1n) is 8.39. The molecule has 0 saturated carbocycles. The highest BCUT2D eigenvalue weighted by Crippen LogP contribution is 2.35. The molecule has 1 N–H and O–H groups in total. The van der Waals surface area contributed by atoms with E-state index in [1.54, 1.807) is 0 Å². The Morgan fingerprint density at radius 3 is 2.86 bits per heavy atom. The van der Waals surface area contributed by atoms with E-state index < -0.39 is 0 Å². The van der Waals surface area contributed by atoms with Crippen LogP contribution in [-0.2, 0) is 0 Å². The highest BCUT2D eigenvalue weighted by molar-refractivity contribution is 5.59. The first kappa shape index (κ1) is 15.0. The van der Waals surface area contributed by atoms with E-state index in [2.05, 4.69) is 46.4 Å². The maximum absolute atomic E-state index is 4.60. The number of nitrogens with one attached hydrogen (secondary N) is 1. The van der Waals surface area contributed by atoms with Crippen molar-refractivity contribution in [1.29, 1.82) is 0 Å². The Bertz CT molecular complexity index is 582. The van der Waals surface area contributed by atoms with Crippen LogP contribution in [0, 0.1) is 0 Å². The normalized spacial score (nSPS) is 18.5. The molecule has 22 heavy (non-hydrogen) atoms. The maximum Gasteiger partial charge on any atom is 0.135 e. The van der Waals surface area contributed by atoms with Gasteiger partial charge < -0.3 is 5.32 Å². The molecule has 1 aliphatic heterocycles. The maximum atomic E-state index is 4.60. The fourth-order valence-corrected chi connectivity index (χ4v) is 3.26. The number of pyridine rings is 1. The predicted octanol–water partition coefficient (Wildman–Crippen LogP) is 4.76. The Labute approximate surface area is 133 Å². The number of aromatic nitrogens is 1. The van der Waals surface area contributed by atoms with Crippen LogP contribution in [0.3, 0.4) is 0 Å². The van der Waals surface area contributed by atoms with Crippen molar-refractivity contribution in [2.75, 3.05) is 18.4 Å². The Morgan fingerprint density at radius 2 is 2.05 bits per heavy atom. The van der Waals surface area contributed by atoms with Gasteiger partial charge in [-0.05, 0) is 50.6 Å². The Hall–Kier alpha value is -1.87. The molecule has 0 aliphatic carbocycles. The summed E-state index contributed by atoms with van der Waals surface area (Å²) < 4.78 is 0. The van der Waals surface area contributed by atoms with E-state index >= 15 is 0 Å². The van der Waals surface area contributed by atoms with Crippen LogP contribution in [0.4, 0.5) is 11.5 Å². The molecule has 1 aromatic heterocycles. The van der Waals surface area contributed by atoms with E-state index in [4.69, 9.17) is 0 Å². The Morgan fingerprint density at radius 1 is 1.18 bits per heavy atom. The summed E-state index contributed by atoms with van der Waals surface area (Å²) in [5, 5.41) is 3.49. The van der Waals surface area contributed by atoms with Gasteiger partial charge in [0.2, 0.25) is 0 Å². The number of unbranched alkanes of at least 4 members (excludes halogenated alkanes) is 1. The number of rotatable bonds is 6. The molecule has 0 amide bonds. The van der Waals surface area contributed by atoms with Gasteiger partial charge in [0.05, 0.1) is 0 Å². The molecule has 1 atom stereocenters. The lowest BCUT2D eigenvalue weighted by atomic mass is 10.0. The van der Waals surface area contributed by atoms with E-state index in [-0.39, 0.29) is 0 Å². The average Bonchev–Trinajstić information content (AvgIpc) is 3.03. The standard InChI is InChI=1S/C19H25N3/c1-2-3-14-22-15-8-12-18(22)17-11-7-13-20-19(17)21-16-9-5-4-6-10-16/h4-7,9-11,13,18H,2-3,8,12,14-15H2,1H3,(H,20,21). The first-order chi connectivity index (χ1) is 10.9. The lowest BCUT2D eigenvalue weighted by Gasteiger charge is -2.26. The number of nitrogens with zero attached hydrogens (tertiary/aromatic N) is 2. The van der Waals surface area contributed by atoms with Crippen molar-refractivity contribution in [3.05, 3.63) is 54.2 Å². The fraction of sp³-hybridized carbons (Fsp3) is 0.421. The molecule has 0 bridgehead atoms. The molecule has 1 saturated heterocycles. The molecular formula is C19H25N3. The zero-order chi connectivity index (χ0) is 15.2. The van der Waals surface area contributed by atoms with Crippen LogP contribution >= 0.6 is 0 Å². The zero-order valence-electron chi connectivity index (χ0n) is 13.3. The molecule has 0 spiro atoms. The van der Waals surface area contributed by atoms with Crippen LogP contribution in [0.5, 0.6) is 0 Å². The Kier molecular flexibility index (Phi) is 5.07. The molecule has 2 aromatic rings. The number of hydrogen-bond acceptors (Lipinski definition) is 3. The highest BCUT2D eigenvalue weighted by Gasteiger charge is 2.27. The summed E-state index contributed by atoms with van der Waals surface area (Å²) in [7, 11) is 0. The van der Waals surface area contributed by atoms with Gasteiger partial charge in [-0.2, -0.15) is 0 Å². The monoisotopic (exact) mass is 295 g/mol. The fourth-order valence-electron chi connectivity index (χ4n) is 3.26. The smallest absolute Gasteiger partial charge is 0.135 e. The third kappa shape index (κ3) is 3.47. The van der Waals surface area contributed by atoms with E-state index in [1.807, 2.05) is 24.4 Å². The minimum atomic E-state index is 0.506. The van der Waals surface area contributed by atoms with Crippen molar-refractivity contribution in [3.63, 3.8) is 0 Å². The lowest BCUT2D eigenvalue weighted by Crippen LogP contribution is -2.25. The van der Waals surface area contributed by atoms with Crippen LogP contribution in [0.15, 0.2) is 48.7 Å². The molecule has 2 heterocycles. The summed E-state index contributed by atoms with van der Waals surface area (Å²) in [6.45, 7) is 4.67. The molecule has 3 nitrogen and oxygen atoms in total. The van der Waals surface area contributed by atoms with Crippen molar-refractivity contribution in [2.45, 2.75) is 38.6 Å². The molecule has 116 valence electrons. The molecular weight excluding hydrogens is 270 g/mol. The molecule has 1 aromatic carbocycles. The third-order valence-electron chi connectivity index (χ3n) is 4.40. The minimum Gasteiger partial charge on any atom is -0.340 e. The second-order valence-electron chi connectivity index (χ2n) is 5.98. The highest BCUT2D eigenvalue weighted by atomic mass is 15.2. The van der Waals surface area contributed by atoms with Crippen molar-refractivity contribution < 1.29 is 0 Å². The topological polar surface area (TPSA) is 28.2 Å². The quantitative estimate of drug-likeness (QED) is 0.832. The van der Waals surface area contributed by atoms with Crippen LogP contribution in [0.25, 0.3) is 0 Å².